The molecule has 0 bridgehead atoms. The van der Waals surface area contributed by atoms with Crippen LogP contribution in [0.4, 0.5) is 13.2 Å². The second kappa shape index (κ2) is 8.10. The summed E-state index contributed by atoms with van der Waals surface area (Å²) in [5, 5.41) is 11.0. The van der Waals surface area contributed by atoms with Gasteiger partial charge in [0.1, 0.15) is 5.75 Å². The van der Waals surface area contributed by atoms with Crippen LogP contribution in [0.5, 0.6) is 5.75 Å². The van der Waals surface area contributed by atoms with E-state index in [9.17, 15) is 18.3 Å². The van der Waals surface area contributed by atoms with Gasteiger partial charge < -0.3 is 14.7 Å². The molecule has 0 aliphatic rings. The zero-order chi connectivity index (χ0) is 19.4. The Hall–Kier alpha value is -2.05. The van der Waals surface area contributed by atoms with E-state index in [4.69, 9.17) is 4.74 Å². The molecule has 0 heterocycles. The summed E-state index contributed by atoms with van der Waals surface area (Å²) in [6, 6.07) is 14.5. The average Bonchev–Trinajstić information content (AvgIpc) is 2.60. The SMILES string of the molecule is COc1cccc(C(O)(C(Cc2ccccc2)CN(C)C)C(F)(F)F)c1. The smallest absolute Gasteiger partial charge is 0.421 e. The number of hydrogen-bond donors (Lipinski definition) is 1. The molecular weight excluding hydrogens is 343 g/mol. The van der Waals surface area contributed by atoms with E-state index in [0.29, 0.717) is 0 Å². The summed E-state index contributed by atoms with van der Waals surface area (Å²) in [6.07, 6.45) is -4.75. The van der Waals surface area contributed by atoms with Crippen LogP contribution in [0.25, 0.3) is 0 Å². The topological polar surface area (TPSA) is 32.7 Å². The number of halogens is 3. The zero-order valence-electron chi connectivity index (χ0n) is 15.1. The monoisotopic (exact) mass is 367 g/mol. The van der Waals surface area contributed by atoms with Gasteiger partial charge in [-0.1, -0.05) is 42.5 Å². The van der Waals surface area contributed by atoms with Crippen molar-refractivity contribution >= 4 is 0 Å². The molecular formula is C20H24F3NO2. The third-order valence-corrected chi connectivity index (χ3v) is 4.44. The Bertz CT molecular complexity index is 704. The lowest BCUT2D eigenvalue weighted by Gasteiger charge is -2.39. The van der Waals surface area contributed by atoms with Crippen LogP contribution < -0.4 is 4.74 Å². The lowest BCUT2D eigenvalue weighted by molar-refractivity contribution is -0.288. The van der Waals surface area contributed by atoms with Gasteiger partial charge >= 0.3 is 6.18 Å². The molecule has 0 aromatic heterocycles. The van der Waals surface area contributed by atoms with Gasteiger partial charge in [-0.25, -0.2) is 0 Å². The van der Waals surface area contributed by atoms with Crippen LogP contribution in [0.2, 0.25) is 0 Å². The summed E-state index contributed by atoms with van der Waals surface area (Å²) < 4.78 is 47.4. The molecule has 6 heteroatoms. The molecule has 0 amide bonds. The van der Waals surface area contributed by atoms with Crippen molar-refractivity contribution in [3.63, 3.8) is 0 Å². The fraction of sp³-hybridized carbons (Fsp3) is 0.400. The highest BCUT2D eigenvalue weighted by atomic mass is 19.4. The first-order valence-corrected chi connectivity index (χ1v) is 8.30. The van der Waals surface area contributed by atoms with E-state index in [1.165, 1.54) is 25.3 Å². The molecule has 2 atom stereocenters. The van der Waals surface area contributed by atoms with Gasteiger partial charge in [0.2, 0.25) is 0 Å². The van der Waals surface area contributed by atoms with Crippen molar-refractivity contribution in [2.75, 3.05) is 27.7 Å². The Morgan fingerprint density at radius 2 is 1.69 bits per heavy atom. The molecule has 2 aromatic rings. The van der Waals surface area contributed by atoms with E-state index in [1.807, 2.05) is 6.07 Å². The molecule has 0 aliphatic heterocycles. The number of rotatable bonds is 7. The summed E-state index contributed by atoms with van der Waals surface area (Å²) in [6.45, 7) is 0.0715. The third kappa shape index (κ3) is 4.37. The first-order chi connectivity index (χ1) is 12.2. The van der Waals surface area contributed by atoms with Gasteiger partial charge in [0.15, 0.2) is 5.60 Å². The summed E-state index contributed by atoms with van der Waals surface area (Å²) in [4.78, 5) is 1.66. The van der Waals surface area contributed by atoms with Crippen molar-refractivity contribution in [1.29, 1.82) is 0 Å². The molecule has 2 aromatic carbocycles. The molecule has 3 nitrogen and oxygen atoms in total. The van der Waals surface area contributed by atoms with Crippen LogP contribution in [0.15, 0.2) is 54.6 Å². The minimum Gasteiger partial charge on any atom is -0.497 e. The molecule has 0 saturated carbocycles. The van der Waals surface area contributed by atoms with E-state index >= 15 is 0 Å². The number of aliphatic hydroxyl groups is 1. The van der Waals surface area contributed by atoms with Crippen LogP contribution in [0, 0.1) is 5.92 Å². The maximum Gasteiger partial charge on any atom is 0.421 e. The number of nitrogens with zero attached hydrogens (tertiary/aromatic N) is 1. The van der Waals surface area contributed by atoms with Crippen LogP contribution in [-0.4, -0.2) is 43.9 Å². The third-order valence-electron chi connectivity index (χ3n) is 4.44. The summed E-state index contributed by atoms with van der Waals surface area (Å²) in [5.74, 6) is -0.819. The maximum absolute atomic E-state index is 14.1. The summed E-state index contributed by atoms with van der Waals surface area (Å²) >= 11 is 0. The van der Waals surface area contributed by atoms with Crippen LogP contribution in [-0.2, 0) is 12.0 Å². The van der Waals surface area contributed by atoms with Gasteiger partial charge in [0.05, 0.1) is 7.11 Å². The molecule has 1 N–H and O–H groups in total. The Labute approximate surface area is 152 Å². The molecule has 0 radical (unpaired) electrons. The van der Waals surface area contributed by atoms with Crippen molar-refractivity contribution in [3.8, 4) is 5.75 Å². The van der Waals surface area contributed by atoms with Crippen molar-refractivity contribution in [3.05, 3.63) is 65.7 Å². The van der Waals surface area contributed by atoms with Crippen LogP contribution >= 0.6 is 0 Å². The highest BCUT2D eigenvalue weighted by Gasteiger charge is 2.59. The average molecular weight is 367 g/mol. The fourth-order valence-electron chi connectivity index (χ4n) is 3.17. The normalized spacial score (nSPS) is 15.5. The highest BCUT2D eigenvalue weighted by Crippen LogP contribution is 2.46. The quantitative estimate of drug-likeness (QED) is 0.807. The molecule has 2 unspecified atom stereocenters. The predicted octanol–water partition coefficient (Wildman–Crippen LogP) is 3.87. The molecule has 0 aliphatic carbocycles. The maximum atomic E-state index is 14.1. The molecule has 0 saturated heterocycles. The predicted molar refractivity (Wildman–Crippen MR) is 95.1 cm³/mol. The van der Waals surface area contributed by atoms with Crippen LogP contribution in [0.1, 0.15) is 11.1 Å². The van der Waals surface area contributed by atoms with E-state index in [-0.39, 0.29) is 24.3 Å². The molecule has 26 heavy (non-hydrogen) atoms. The Balaban J connectivity index is 2.54. The van der Waals surface area contributed by atoms with Gasteiger partial charge in [-0.05, 0) is 43.8 Å². The highest BCUT2D eigenvalue weighted by molar-refractivity contribution is 5.34. The second-order valence-corrected chi connectivity index (χ2v) is 6.64. The lowest BCUT2D eigenvalue weighted by atomic mass is 9.77. The van der Waals surface area contributed by atoms with Gasteiger partial charge in [0.25, 0.3) is 0 Å². The second-order valence-electron chi connectivity index (χ2n) is 6.64. The van der Waals surface area contributed by atoms with E-state index in [0.717, 1.165) is 5.56 Å². The summed E-state index contributed by atoms with van der Waals surface area (Å²) in [5.41, 5.74) is -2.47. The van der Waals surface area contributed by atoms with Gasteiger partial charge in [-0.3, -0.25) is 0 Å². The number of ether oxygens (including phenoxy) is 1. The summed E-state index contributed by atoms with van der Waals surface area (Å²) in [7, 11) is 4.77. The number of methoxy groups -OCH3 is 1. The molecule has 0 spiro atoms. The molecule has 142 valence electrons. The first kappa shape index (κ1) is 20.3. The van der Waals surface area contributed by atoms with Crippen LogP contribution in [0.3, 0.4) is 0 Å². The van der Waals surface area contributed by atoms with Crippen molar-refractivity contribution in [1.82, 2.24) is 4.90 Å². The largest absolute Gasteiger partial charge is 0.497 e. The van der Waals surface area contributed by atoms with Gasteiger partial charge in [-0.15, -0.1) is 0 Å². The number of hydrogen-bond acceptors (Lipinski definition) is 3. The van der Waals surface area contributed by atoms with E-state index in [1.54, 1.807) is 49.3 Å². The van der Waals surface area contributed by atoms with Crippen molar-refractivity contribution < 1.29 is 23.0 Å². The molecule has 2 rings (SSSR count). The number of benzene rings is 2. The van der Waals surface area contributed by atoms with Crippen molar-refractivity contribution in [2.24, 2.45) is 5.92 Å². The van der Waals surface area contributed by atoms with Gasteiger partial charge in [0, 0.05) is 12.5 Å². The minimum atomic E-state index is -4.84. The Kier molecular flexibility index (Phi) is 6.31. The zero-order valence-corrected chi connectivity index (χ0v) is 15.1. The number of alkyl halides is 3. The van der Waals surface area contributed by atoms with E-state index in [2.05, 4.69) is 0 Å². The lowest BCUT2D eigenvalue weighted by Crippen LogP contribution is -2.52. The Morgan fingerprint density at radius 1 is 1.04 bits per heavy atom. The Morgan fingerprint density at radius 3 is 2.23 bits per heavy atom. The van der Waals surface area contributed by atoms with Crippen molar-refractivity contribution in [2.45, 2.75) is 18.2 Å². The standard InChI is InChI=1S/C20H24F3NO2/c1-24(2)14-17(12-15-8-5-4-6-9-15)19(25,20(21,22)23)16-10-7-11-18(13-16)26-3/h4-11,13,17,25H,12,14H2,1-3H3. The fourth-order valence-corrected chi connectivity index (χ4v) is 3.17. The van der Waals surface area contributed by atoms with Gasteiger partial charge in [-0.2, -0.15) is 13.2 Å². The van der Waals surface area contributed by atoms with E-state index < -0.39 is 17.7 Å². The minimum absolute atomic E-state index is 0.0715. The first-order valence-electron chi connectivity index (χ1n) is 8.30. The molecule has 0 fully saturated rings.